The van der Waals surface area contributed by atoms with E-state index in [1.165, 1.54) is 0 Å². The number of nitrogens with zero attached hydrogens (tertiary/aromatic N) is 1. The normalized spacial score (nSPS) is 20.6. The molecule has 1 heterocycles. The van der Waals surface area contributed by atoms with Crippen LogP contribution < -0.4 is 0 Å². The average Bonchev–Trinajstić information content (AvgIpc) is 2.47. The van der Waals surface area contributed by atoms with E-state index in [1.54, 1.807) is 0 Å². The highest BCUT2D eigenvalue weighted by atomic mass is 16.5. The Bertz CT molecular complexity index is 349. The molecule has 100 valence electrons. The fourth-order valence-electron chi connectivity index (χ4n) is 2.44. The van der Waals surface area contributed by atoms with E-state index in [0.29, 0.717) is 0 Å². The molecule has 1 unspecified atom stereocenters. The Kier molecular flexibility index (Phi) is 4.75. The maximum Gasteiger partial charge on any atom is 0.0906 e. The fraction of sp³-hybridized carbons (Fsp3) is 0.600. The van der Waals surface area contributed by atoms with E-state index >= 15 is 0 Å². The summed E-state index contributed by atoms with van der Waals surface area (Å²) in [5.41, 5.74) is 0.334. The minimum absolute atomic E-state index is 0.695. The van der Waals surface area contributed by atoms with Gasteiger partial charge in [0, 0.05) is 19.6 Å². The number of hydrogen-bond acceptors (Lipinski definition) is 3. The number of ether oxygens (including phenoxy) is 1. The zero-order valence-electron chi connectivity index (χ0n) is 11.1. The Labute approximate surface area is 109 Å². The molecule has 2 rings (SSSR count). The van der Waals surface area contributed by atoms with Crippen LogP contribution in [-0.4, -0.2) is 42.9 Å². The summed E-state index contributed by atoms with van der Waals surface area (Å²) in [6.07, 6.45) is 1.54. The van der Waals surface area contributed by atoms with Gasteiger partial charge in [-0.15, -0.1) is 0 Å². The summed E-state index contributed by atoms with van der Waals surface area (Å²) in [6, 6.07) is 10.0. The molecule has 1 aromatic carbocycles. The summed E-state index contributed by atoms with van der Waals surface area (Å²) < 4.78 is 5.34. The second-order valence-electron chi connectivity index (χ2n) is 4.96. The van der Waals surface area contributed by atoms with E-state index in [2.05, 4.69) is 4.90 Å². The Hall–Kier alpha value is -0.900. The summed E-state index contributed by atoms with van der Waals surface area (Å²) in [4.78, 5) is 2.37. The summed E-state index contributed by atoms with van der Waals surface area (Å²) in [6.45, 7) is 6.57. The van der Waals surface area contributed by atoms with Crippen molar-refractivity contribution in [2.75, 3.05) is 32.8 Å². The third kappa shape index (κ3) is 3.31. The van der Waals surface area contributed by atoms with Gasteiger partial charge in [-0.25, -0.2) is 0 Å². The van der Waals surface area contributed by atoms with E-state index in [4.69, 9.17) is 4.74 Å². The van der Waals surface area contributed by atoms with Crippen molar-refractivity contribution in [3.05, 3.63) is 35.9 Å². The first-order chi connectivity index (χ1) is 8.74. The SMILES string of the molecule is CCC(O)(CCN1CCOCC1)c1ccccc1. The standard InChI is InChI=1S/C15H23NO2/c1-2-15(17,14-6-4-3-5-7-14)8-9-16-10-12-18-13-11-16/h3-7,17H,2,8-13H2,1H3. The van der Waals surface area contributed by atoms with Crippen LogP contribution in [0.3, 0.4) is 0 Å². The smallest absolute Gasteiger partial charge is 0.0906 e. The molecule has 0 spiro atoms. The van der Waals surface area contributed by atoms with Crippen LogP contribution >= 0.6 is 0 Å². The molecule has 1 saturated heterocycles. The second kappa shape index (κ2) is 6.32. The highest BCUT2D eigenvalue weighted by molar-refractivity contribution is 5.22. The molecule has 18 heavy (non-hydrogen) atoms. The zero-order chi connectivity index (χ0) is 12.8. The van der Waals surface area contributed by atoms with Gasteiger partial charge >= 0.3 is 0 Å². The lowest BCUT2D eigenvalue weighted by molar-refractivity contribution is -0.00693. The van der Waals surface area contributed by atoms with E-state index < -0.39 is 5.60 Å². The van der Waals surface area contributed by atoms with Gasteiger partial charge in [0.1, 0.15) is 0 Å². The maximum atomic E-state index is 10.8. The first-order valence-corrected chi connectivity index (χ1v) is 6.82. The van der Waals surface area contributed by atoms with Crippen molar-refractivity contribution in [3.63, 3.8) is 0 Å². The molecule has 0 aliphatic carbocycles. The molecule has 1 aliphatic heterocycles. The topological polar surface area (TPSA) is 32.7 Å². The predicted octanol–water partition coefficient (Wildman–Crippen LogP) is 2.01. The van der Waals surface area contributed by atoms with Gasteiger partial charge in [-0.2, -0.15) is 0 Å². The molecule has 1 aliphatic rings. The molecule has 0 amide bonds. The van der Waals surface area contributed by atoms with E-state index in [0.717, 1.165) is 51.3 Å². The van der Waals surface area contributed by atoms with Crippen LogP contribution in [0.4, 0.5) is 0 Å². The number of aliphatic hydroxyl groups is 1. The van der Waals surface area contributed by atoms with Crippen LogP contribution in [0.25, 0.3) is 0 Å². The lowest BCUT2D eigenvalue weighted by Crippen LogP contribution is -2.39. The fourth-order valence-corrected chi connectivity index (χ4v) is 2.44. The van der Waals surface area contributed by atoms with Gasteiger partial charge < -0.3 is 9.84 Å². The molecule has 1 fully saturated rings. The Morgan fingerprint density at radius 1 is 1.22 bits per heavy atom. The number of rotatable bonds is 5. The Balaban J connectivity index is 1.95. The van der Waals surface area contributed by atoms with Crippen molar-refractivity contribution < 1.29 is 9.84 Å². The van der Waals surface area contributed by atoms with Crippen molar-refractivity contribution in [1.29, 1.82) is 0 Å². The molecular weight excluding hydrogens is 226 g/mol. The zero-order valence-corrected chi connectivity index (χ0v) is 11.1. The van der Waals surface area contributed by atoms with Crippen molar-refractivity contribution in [2.45, 2.75) is 25.4 Å². The lowest BCUT2D eigenvalue weighted by Gasteiger charge is -2.32. The van der Waals surface area contributed by atoms with Crippen LogP contribution in [0.5, 0.6) is 0 Å². The van der Waals surface area contributed by atoms with Crippen LogP contribution in [0, 0.1) is 0 Å². The first kappa shape index (κ1) is 13.5. The quantitative estimate of drug-likeness (QED) is 0.866. The molecule has 0 aromatic heterocycles. The lowest BCUT2D eigenvalue weighted by atomic mass is 9.88. The molecule has 1 N–H and O–H groups in total. The molecule has 1 aromatic rings. The van der Waals surface area contributed by atoms with Crippen LogP contribution in [0.1, 0.15) is 25.3 Å². The highest BCUT2D eigenvalue weighted by Gasteiger charge is 2.27. The number of benzene rings is 1. The average molecular weight is 249 g/mol. The van der Waals surface area contributed by atoms with Crippen LogP contribution in [-0.2, 0) is 10.3 Å². The van der Waals surface area contributed by atoms with Crippen LogP contribution in [0.2, 0.25) is 0 Å². The first-order valence-electron chi connectivity index (χ1n) is 6.82. The van der Waals surface area contributed by atoms with Crippen molar-refractivity contribution in [2.24, 2.45) is 0 Å². The van der Waals surface area contributed by atoms with Gasteiger partial charge in [0.25, 0.3) is 0 Å². The molecule has 0 bridgehead atoms. The summed E-state index contributed by atoms with van der Waals surface area (Å²) >= 11 is 0. The Morgan fingerprint density at radius 2 is 1.89 bits per heavy atom. The molecule has 3 heteroatoms. The monoisotopic (exact) mass is 249 g/mol. The largest absolute Gasteiger partial charge is 0.385 e. The van der Waals surface area contributed by atoms with Gasteiger partial charge in [0.2, 0.25) is 0 Å². The van der Waals surface area contributed by atoms with Crippen molar-refractivity contribution in [3.8, 4) is 0 Å². The minimum atomic E-state index is -0.695. The van der Waals surface area contributed by atoms with Crippen molar-refractivity contribution >= 4 is 0 Å². The van der Waals surface area contributed by atoms with Crippen LogP contribution in [0.15, 0.2) is 30.3 Å². The van der Waals surface area contributed by atoms with Gasteiger partial charge in [0.15, 0.2) is 0 Å². The Morgan fingerprint density at radius 3 is 2.50 bits per heavy atom. The minimum Gasteiger partial charge on any atom is -0.385 e. The molecule has 0 saturated carbocycles. The molecule has 1 atom stereocenters. The van der Waals surface area contributed by atoms with Gasteiger partial charge in [-0.3, -0.25) is 4.90 Å². The number of morpholine rings is 1. The third-order valence-electron chi connectivity index (χ3n) is 3.84. The molecular formula is C15H23NO2. The highest BCUT2D eigenvalue weighted by Crippen LogP contribution is 2.28. The van der Waals surface area contributed by atoms with Crippen molar-refractivity contribution in [1.82, 2.24) is 4.90 Å². The second-order valence-corrected chi connectivity index (χ2v) is 4.96. The molecule has 3 nitrogen and oxygen atoms in total. The third-order valence-corrected chi connectivity index (χ3v) is 3.84. The maximum absolute atomic E-state index is 10.8. The van der Waals surface area contributed by atoms with Gasteiger partial charge in [-0.05, 0) is 18.4 Å². The predicted molar refractivity (Wildman–Crippen MR) is 72.5 cm³/mol. The van der Waals surface area contributed by atoms with E-state index in [-0.39, 0.29) is 0 Å². The van der Waals surface area contributed by atoms with E-state index in [9.17, 15) is 5.11 Å². The van der Waals surface area contributed by atoms with Gasteiger partial charge in [-0.1, -0.05) is 37.3 Å². The number of hydrogen-bond donors (Lipinski definition) is 1. The van der Waals surface area contributed by atoms with E-state index in [1.807, 2.05) is 37.3 Å². The summed E-state index contributed by atoms with van der Waals surface area (Å²) in [7, 11) is 0. The summed E-state index contributed by atoms with van der Waals surface area (Å²) in [5.74, 6) is 0. The molecule has 0 radical (unpaired) electrons. The van der Waals surface area contributed by atoms with Gasteiger partial charge in [0.05, 0.1) is 18.8 Å². The summed E-state index contributed by atoms with van der Waals surface area (Å²) in [5, 5.41) is 10.8.